The van der Waals surface area contributed by atoms with Crippen molar-refractivity contribution in [2.45, 2.75) is 25.3 Å². The predicted octanol–water partition coefficient (Wildman–Crippen LogP) is -1.13. The van der Waals surface area contributed by atoms with E-state index < -0.39 is 12.0 Å². The second kappa shape index (κ2) is 6.34. The van der Waals surface area contributed by atoms with Crippen molar-refractivity contribution in [1.29, 1.82) is 0 Å². The lowest BCUT2D eigenvalue weighted by molar-refractivity contribution is -0.140. The van der Waals surface area contributed by atoms with E-state index in [2.05, 4.69) is 0 Å². The third-order valence-corrected chi connectivity index (χ3v) is 2.97. The third kappa shape index (κ3) is 3.99. The van der Waals surface area contributed by atoms with E-state index in [1.165, 1.54) is 4.90 Å². The van der Waals surface area contributed by atoms with E-state index in [9.17, 15) is 14.4 Å². The Kier molecular flexibility index (Phi) is 5.08. The summed E-state index contributed by atoms with van der Waals surface area (Å²) in [6, 6.07) is -0.850. The summed E-state index contributed by atoms with van der Waals surface area (Å²) < 4.78 is 0. The van der Waals surface area contributed by atoms with Crippen molar-refractivity contribution in [3.8, 4) is 0 Å². The minimum Gasteiger partial charge on any atom is -0.481 e. The molecule has 7 heteroatoms. The molecule has 0 aliphatic carbocycles. The number of carbonyl (C=O) groups excluding carboxylic acids is 2. The number of carbonyl (C=O) groups is 3. The standard InChI is InChI=1S/C11H19N3O4/c1-13-5-2-6-14(7-9(13)15)11(18)8(12)3-4-10(16)17/h8H,2-7,12H2,1H3,(H,16,17). The van der Waals surface area contributed by atoms with Crippen LogP contribution in [-0.2, 0) is 14.4 Å². The van der Waals surface area contributed by atoms with Crippen LogP contribution in [0.25, 0.3) is 0 Å². The van der Waals surface area contributed by atoms with Gasteiger partial charge in [0.2, 0.25) is 11.8 Å². The summed E-state index contributed by atoms with van der Waals surface area (Å²) in [4.78, 5) is 37.0. The highest BCUT2D eigenvalue weighted by Crippen LogP contribution is 2.06. The number of carboxylic acid groups (broad SMARTS) is 1. The quantitative estimate of drug-likeness (QED) is 0.663. The Morgan fingerprint density at radius 2 is 2.11 bits per heavy atom. The van der Waals surface area contributed by atoms with Gasteiger partial charge in [-0.1, -0.05) is 0 Å². The van der Waals surface area contributed by atoms with Crippen molar-refractivity contribution < 1.29 is 19.5 Å². The van der Waals surface area contributed by atoms with Gasteiger partial charge in [-0.05, 0) is 12.8 Å². The maximum absolute atomic E-state index is 12.0. The van der Waals surface area contributed by atoms with E-state index in [1.807, 2.05) is 0 Å². The summed E-state index contributed by atoms with van der Waals surface area (Å²) in [7, 11) is 1.70. The zero-order valence-corrected chi connectivity index (χ0v) is 10.5. The third-order valence-electron chi connectivity index (χ3n) is 2.97. The van der Waals surface area contributed by atoms with Crippen LogP contribution in [0.5, 0.6) is 0 Å². The molecule has 0 aromatic rings. The molecule has 1 aliphatic heterocycles. The molecule has 3 N–H and O–H groups in total. The molecule has 1 aliphatic rings. The smallest absolute Gasteiger partial charge is 0.303 e. The lowest BCUT2D eigenvalue weighted by Crippen LogP contribution is -2.46. The second-order valence-electron chi connectivity index (χ2n) is 4.47. The first-order valence-electron chi connectivity index (χ1n) is 5.92. The molecular weight excluding hydrogens is 238 g/mol. The highest BCUT2D eigenvalue weighted by atomic mass is 16.4. The monoisotopic (exact) mass is 257 g/mol. The largest absolute Gasteiger partial charge is 0.481 e. The number of amides is 2. The number of carboxylic acids is 1. The Morgan fingerprint density at radius 3 is 2.72 bits per heavy atom. The van der Waals surface area contributed by atoms with Crippen molar-refractivity contribution in [1.82, 2.24) is 9.80 Å². The van der Waals surface area contributed by atoms with Crippen LogP contribution in [0.1, 0.15) is 19.3 Å². The SMILES string of the molecule is CN1CCCN(C(=O)C(N)CCC(=O)O)CC1=O. The normalized spacial score (nSPS) is 18.4. The van der Waals surface area contributed by atoms with Crippen LogP contribution in [0.15, 0.2) is 0 Å². The topological polar surface area (TPSA) is 104 Å². The van der Waals surface area contributed by atoms with E-state index in [1.54, 1.807) is 11.9 Å². The number of rotatable bonds is 4. The van der Waals surface area contributed by atoms with Gasteiger partial charge in [-0.2, -0.15) is 0 Å². The molecule has 18 heavy (non-hydrogen) atoms. The highest BCUT2D eigenvalue weighted by Gasteiger charge is 2.26. The summed E-state index contributed by atoms with van der Waals surface area (Å²) in [5.74, 6) is -1.45. The predicted molar refractivity (Wildman–Crippen MR) is 63.7 cm³/mol. The molecule has 0 radical (unpaired) electrons. The van der Waals surface area contributed by atoms with Crippen LogP contribution in [0.3, 0.4) is 0 Å². The second-order valence-corrected chi connectivity index (χ2v) is 4.47. The van der Waals surface area contributed by atoms with Crippen LogP contribution in [0, 0.1) is 0 Å². The van der Waals surface area contributed by atoms with Crippen molar-refractivity contribution in [3.05, 3.63) is 0 Å². The average Bonchev–Trinajstić information content (AvgIpc) is 2.48. The van der Waals surface area contributed by atoms with Gasteiger partial charge in [0.1, 0.15) is 0 Å². The fourth-order valence-electron chi connectivity index (χ4n) is 1.81. The van der Waals surface area contributed by atoms with Gasteiger partial charge in [-0.15, -0.1) is 0 Å². The summed E-state index contributed by atoms with van der Waals surface area (Å²) in [6.07, 6.45) is 0.656. The van der Waals surface area contributed by atoms with Gasteiger partial charge in [-0.25, -0.2) is 0 Å². The molecule has 1 rings (SSSR count). The summed E-state index contributed by atoms with van der Waals surface area (Å²) >= 11 is 0. The first-order valence-corrected chi connectivity index (χ1v) is 5.92. The molecule has 0 saturated carbocycles. The van der Waals surface area contributed by atoms with Crippen molar-refractivity contribution >= 4 is 17.8 Å². The van der Waals surface area contributed by atoms with Crippen LogP contribution in [0.4, 0.5) is 0 Å². The van der Waals surface area contributed by atoms with Crippen LogP contribution in [-0.4, -0.2) is 65.4 Å². The molecule has 0 aromatic heterocycles. The molecule has 1 atom stereocenters. The number of likely N-dealkylation sites (N-methyl/N-ethyl adjacent to an activating group) is 1. The lowest BCUT2D eigenvalue weighted by Gasteiger charge is -2.23. The van der Waals surface area contributed by atoms with E-state index in [-0.39, 0.29) is 31.2 Å². The van der Waals surface area contributed by atoms with Gasteiger partial charge in [0.15, 0.2) is 0 Å². The van der Waals surface area contributed by atoms with Gasteiger partial charge in [0, 0.05) is 26.6 Å². The van der Waals surface area contributed by atoms with Crippen molar-refractivity contribution in [2.75, 3.05) is 26.7 Å². The van der Waals surface area contributed by atoms with Gasteiger partial charge in [-0.3, -0.25) is 14.4 Å². The molecular formula is C11H19N3O4. The molecule has 1 fully saturated rings. The van der Waals surface area contributed by atoms with Crippen molar-refractivity contribution in [2.24, 2.45) is 5.73 Å². The van der Waals surface area contributed by atoms with E-state index in [0.29, 0.717) is 19.5 Å². The van der Waals surface area contributed by atoms with Crippen LogP contribution in [0.2, 0.25) is 0 Å². The summed E-state index contributed by atoms with van der Waals surface area (Å²) in [6.45, 7) is 1.12. The Bertz CT molecular complexity index is 345. The zero-order valence-electron chi connectivity index (χ0n) is 10.5. The fraction of sp³-hybridized carbons (Fsp3) is 0.727. The number of aliphatic carboxylic acids is 1. The Balaban J connectivity index is 2.54. The maximum Gasteiger partial charge on any atom is 0.303 e. The van der Waals surface area contributed by atoms with Crippen LogP contribution >= 0.6 is 0 Å². The van der Waals surface area contributed by atoms with Gasteiger partial charge in [0.05, 0.1) is 12.6 Å². The van der Waals surface area contributed by atoms with E-state index >= 15 is 0 Å². The molecule has 1 saturated heterocycles. The fourth-order valence-corrected chi connectivity index (χ4v) is 1.81. The van der Waals surface area contributed by atoms with Crippen molar-refractivity contribution in [3.63, 3.8) is 0 Å². The van der Waals surface area contributed by atoms with Gasteiger partial charge in [0.25, 0.3) is 0 Å². The van der Waals surface area contributed by atoms with E-state index in [0.717, 1.165) is 0 Å². The highest BCUT2D eigenvalue weighted by molar-refractivity contribution is 5.88. The molecule has 0 bridgehead atoms. The number of nitrogens with two attached hydrogens (primary N) is 1. The summed E-state index contributed by atoms with van der Waals surface area (Å²) in [5, 5.41) is 8.54. The van der Waals surface area contributed by atoms with Gasteiger partial charge < -0.3 is 20.6 Å². The van der Waals surface area contributed by atoms with Gasteiger partial charge >= 0.3 is 5.97 Å². The average molecular weight is 257 g/mol. The maximum atomic E-state index is 12.0. The Morgan fingerprint density at radius 1 is 1.44 bits per heavy atom. The molecule has 2 amide bonds. The molecule has 0 aromatic carbocycles. The summed E-state index contributed by atoms with van der Waals surface area (Å²) in [5.41, 5.74) is 5.65. The van der Waals surface area contributed by atoms with E-state index in [4.69, 9.17) is 10.8 Å². The minimum absolute atomic E-state index is 0.0239. The first kappa shape index (κ1) is 14.4. The molecule has 7 nitrogen and oxygen atoms in total. The Hall–Kier alpha value is -1.63. The molecule has 1 unspecified atom stereocenters. The molecule has 0 spiro atoms. The minimum atomic E-state index is -0.982. The number of nitrogens with zero attached hydrogens (tertiary/aromatic N) is 2. The number of hydrogen-bond acceptors (Lipinski definition) is 4. The molecule has 102 valence electrons. The lowest BCUT2D eigenvalue weighted by atomic mass is 10.1. The first-order chi connectivity index (χ1) is 8.41. The zero-order chi connectivity index (χ0) is 13.7. The molecule has 1 heterocycles. The Labute approximate surface area is 106 Å². The van der Waals surface area contributed by atoms with Crippen LogP contribution < -0.4 is 5.73 Å². The number of hydrogen-bond donors (Lipinski definition) is 2.